The molecule has 8 nitrogen and oxygen atoms in total. The van der Waals surface area contributed by atoms with E-state index in [1.54, 1.807) is 0 Å². The summed E-state index contributed by atoms with van der Waals surface area (Å²) in [4.78, 5) is 10.6. The minimum absolute atomic E-state index is 0. The Kier molecular flexibility index (Phi) is 6.71. The van der Waals surface area contributed by atoms with Crippen LogP contribution in [0.25, 0.3) is 0 Å². The van der Waals surface area contributed by atoms with Crippen molar-refractivity contribution in [2.75, 3.05) is 0 Å². The minimum atomic E-state index is -5.36. The van der Waals surface area contributed by atoms with Gasteiger partial charge in [-0.25, -0.2) is 4.79 Å². The van der Waals surface area contributed by atoms with E-state index in [4.69, 9.17) is 9.11 Å². The number of carbonyl (C=O) groups is 1. The molecule has 16 heavy (non-hydrogen) atoms. The molecule has 2 N–H and O–H groups in total. The zero-order valence-corrected chi connectivity index (χ0v) is 12.0. The molecule has 0 spiro atoms. The van der Waals surface area contributed by atoms with Crippen molar-refractivity contribution in [3.8, 4) is 0 Å². The molecule has 0 aromatic heterocycles. The largest absolute Gasteiger partial charge is 2.00 e. The van der Waals surface area contributed by atoms with Gasteiger partial charge >= 0.3 is 68.2 Å². The van der Waals surface area contributed by atoms with Gasteiger partial charge in [-0.15, -0.1) is 0 Å². The number of rotatable bonds is 4. The molecule has 11 heteroatoms. The Hall–Kier alpha value is 0.290. The van der Waals surface area contributed by atoms with Crippen LogP contribution in [0.2, 0.25) is 0 Å². The summed E-state index contributed by atoms with van der Waals surface area (Å²) in [5, 5.41) is 0. The summed E-state index contributed by atoms with van der Waals surface area (Å²) < 4.78 is 60.1. The van der Waals surface area contributed by atoms with Crippen LogP contribution in [-0.4, -0.2) is 73.9 Å². The van der Waals surface area contributed by atoms with Crippen LogP contribution in [0, 0.1) is 0 Å². The minimum Gasteiger partial charge on any atom is -1.00 e. The second kappa shape index (κ2) is 5.76. The molecule has 0 atom stereocenters. The first-order chi connectivity index (χ1) is 6.45. The Bertz CT molecular complexity index is 452. The molecule has 0 aromatic carbocycles. The molecule has 0 rings (SSSR count). The van der Waals surface area contributed by atoms with Gasteiger partial charge in [0.1, 0.15) is 0 Å². The molecule has 0 aliphatic heterocycles. The molecule has 0 saturated heterocycles. The molecule has 92 valence electrons. The Morgan fingerprint density at radius 2 is 1.62 bits per heavy atom. The van der Waals surface area contributed by atoms with Crippen LogP contribution in [0.3, 0.4) is 0 Å². The number of ether oxygens (including phenoxy) is 1. The molecule has 0 unspecified atom stereocenters. The van der Waals surface area contributed by atoms with E-state index in [1.165, 1.54) is 0 Å². The third-order valence-corrected chi connectivity index (χ3v) is 4.69. The standard InChI is InChI=1S/C5H8O8S2.Ca.2H/c1-3-4(6)13-5(2,14(7,8)9)15(10,11)12;;;/h3H,1H2,2H3,(H,7,8,9)(H,10,11,12);;;/q;+2;2*-1. The first-order valence-electron chi connectivity index (χ1n) is 3.25. The second-order valence-electron chi connectivity index (χ2n) is 2.44. The fourth-order valence-electron chi connectivity index (χ4n) is 0.463. The summed E-state index contributed by atoms with van der Waals surface area (Å²) in [5.74, 6) is -1.44. The van der Waals surface area contributed by atoms with Crippen LogP contribution < -0.4 is 0 Å². The Balaban J connectivity index is -0.000000327. The van der Waals surface area contributed by atoms with Crippen LogP contribution in [0.1, 0.15) is 9.78 Å². The molecular formula is C5H10CaO8S2. The first-order valence-corrected chi connectivity index (χ1v) is 6.13. The molecule has 0 amide bonds. The molecule has 0 heterocycles. The zero-order valence-electron chi connectivity index (χ0n) is 10.2. The van der Waals surface area contributed by atoms with E-state index in [9.17, 15) is 21.6 Å². The van der Waals surface area contributed by atoms with Gasteiger partial charge in [0, 0.05) is 13.0 Å². The summed E-state index contributed by atoms with van der Waals surface area (Å²) >= 11 is 0. The molecule has 0 aliphatic carbocycles. The van der Waals surface area contributed by atoms with Crippen molar-refractivity contribution in [3.63, 3.8) is 0 Å². The molecule has 0 aliphatic rings. The SMILES string of the molecule is C=CC(=O)OC(C)(S(=O)(=O)O)S(=O)(=O)O.[Ca+2].[H-].[H-]. The average molecular weight is 302 g/mol. The van der Waals surface area contributed by atoms with E-state index >= 15 is 0 Å². The van der Waals surface area contributed by atoms with Crippen LogP contribution in [0.5, 0.6) is 0 Å². The molecule has 0 saturated carbocycles. The third-order valence-electron chi connectivity index (χ3n) is 1.39. The smallest absolute Gasteiger partial charge is 1.00 e. The van der Waals surface area contributed by atoms with Gasteiger partial charge < -0.3 is 7.59 Å². The maximum absolute atomic E-state index is 10.7. The summed E-state index contributed by atoms with van der Waals surface area (Å²) in [6.07, 6.45) is 0.467. The number of hydrogen-bond acceptors (Lipinski definition) is 6. The fraction of sp³-hybridized carbons (Fsp3) is 0.400. The monoisotopic (exact) mass is 302 g/mol. The van der Waals surface area contributed by atoms with Gasteiger partial charge in [-0.05, 0) is 0 Å². The van der Waals surface area contributed by atoms with Gasteiger partial charge in [0.25, 0.3) is 0 Å². The zero-order chi connectivity index (χ0) is 12.5. The predicted octanol–water partition coefficient (Wildman–Crippen LogP) is -0.991. The Morgan fingerprint density at radius 3 is 1.81 bits per heavy atom. The number of carbonyl (C=O) groups excluding carboxylic acids is 1. The van der Waals surface area contributed by atoms with E-state index in [2.05, 4.69) is 11.3 Å². The van der Waals surface area contributed by atoms with E-state index in [0.29, 0.717) is 13.0 Å². The van der Waals surface area contributed by atoms with Gasteiger partial charge in [0.15, 0.2) is 0 Å². The van der Waals surface area contributed by atoms with E-state index < -0.39 is 30.5 Å². The van der Waals surface area contributed by atoms with Gasteiger partial charge in [-0.2, -0.15) is 16.8 Å². The molecule has 0 bridgehead atoms. The van der Waals surface area contributed by atoms with Gasteiger partial charge in [0.05, 0.1) is 0 Å². The topological polar surface area (TPSA) is 135 Å². The molecule has 0 aromatic rings. The summed E-state index contributed by atoms with van der Waals surface area (Å²) in [7, 11) is -10.7. The van der Waals surface area contributed by atoms with Crippen LogP contribution in [0.15, 0.2) is 12.7 Å². The molecular weight excluding hydrogens is 292 g/mol. The van der Waals surface area contributed by atoms with Crippen molar-refractivity contribution in [3.05, 3.63) is 12.7 Å². The van der Waals surface area contributed by atoms with Crippen molar-refractivity contribution in [2.24, 2.45) is 0 Å². The number of hydrogen-bond donors (Lipinski definition) is 2. The second-order valence-corrected chi connectivity index (χ2v) is 6.15. The normalized spacial score (nSPS) is 12.4. The summed E-state index contributed by atoms with van der Waals surface area (Å²) in [5.41, 5.74) is 0. The van der Waals surface area contributed by atoms with E-state index in [1.807, 2.05) is 0 Å². The van der Waals surface area contributed by atoms with Crippen LogP contribution in [0.4, 0.5) is 0 Å². The third kappa shape index (κ3) is 3.95. The fourth-order valence-corrected chi connectivity index (χ4v) is 1.90. The number of esters is 1. The first kappa shape index (κ1) is 18.6. The average Bonchev–Trinajstić information content (AvgIpc) is 1.99. The summed E-state index contributed by atoms with van der Waals surface area (Å²) in [6, 6.07) is 0. The maximum atomic E-state index is 10.7. The molecule has 0 fully saturated rings. The van der Waals surface area contributed by atoms with E-state index in [-0.39, 0.29) is 40.6 Å². The predicted molar refractivity (Wildman–Crippen MR) is 55.8 cm³/mol. The summed E-state index contributed by atoms with van der Waals surface area (Å²) in [6.45, 7) is 3.19. The maximum Gasteiger partial charge on any atom is 2.00 e. The van der Waals surface area contributed by atoms with Gasteiger partial charge in [-0.1, -0.05) is 6.58 Å². The van der Waals surface area contributed by atoms with Crippen molar-refractivity contribution >= 4 is 63.9 Å². The Labute approximate surface area is 125 Å². The van der Waals surface area contributed by atoms with Crippen LogP contribution in [-0.2, 0) is 29.8 Å². The quantitative estimate of drug-likeness (QED) is 0.292. The Morgan fingerprint density at radius 1 is 1.31 bits per heavy atom. The van der Waals surface area contributed by atoms with E-state index in [0.717, 1.165) is 0 Å². The van der Waals surface area contributed by atoms with Gasteiger partial charge in [-0.3, -0.25) is 9.11 Å². The van der Waals surface area contributed by atoms with Crippen molar-refractivity contribution in [2.45, 2.75) is 11.2 Å². The van der Waals surface area contributed by atoms with Crippen molar-refractivity contribution in [1.29, 1.82) is 0 Å². The molecule has 0 radical (unpaired) electrons. The van der Waals surface area contributed by atoms with Crippen molar-refractivity contribution < 1.29 is 38.3 Å². The van der Waals surface area contributed by atoms with Crippen LogP contribution >= 0.6 is 0 Å². The van der Waals surface area contributed by atoms with Crippen molar-refractivity contribution in [1.82, 2.24) is 0 Å². The van der Waals surface area contributed by atoms with Gasteiger partial charge in [0.2, 0.25) is 0 Å².